The summed E-state index contributed by atoms with van der Waals surface area (Å²) in [6.07, 6.45) is 1.07. The third-order valence-corrected chi connectivity index (χ3v) is 6.63. The zero-order chi connectivity index (χ0) is 21.9. The van der Waals surface area contributed by atoms with Crippen LogP contribution in [0.15, 0.2) is 51.8 Å². The van der Waals surface area contributed by atoms with E-state index < -0.39 is 10.0 Å². The molecule has 0 saturated carbocycles. The molecule has 3 rings (SSSR count). The maximum Gasteiger partial charge on any atom is 0.255 e. The number of halogens is 1. The normalized spacial score (nSPS) is 15.0. The second kappa shape index (κ2) is 9.15. The molecule has 2 aromatic carbocycles. The molecule has 0 bridgehead atoms. The molecule has 2 amide bonds. The Morgan fingerprint density at radius 2 is 1.77 bits per heavy atom. The number of piperidine rings is 1. The number of rotatable bonds is 5. The summed E-state index contributed by atoms with van der Waals surface area (Å²) in [4.78, 5) is 27.1. The third-order valence-electron chi connectivity index (χ3n) is 5.01. The minimum absolute atomic E-state index is 0.0176. The lowest BCUT2D eigenvalue weighted by atomic mass is 9.95. The first-order valence-corrected chi connectivity index (χ1v) is 11.6. The lowest BCUT2D eigenvalue weighted by molar-refractivity contribution is -0.121. The Labute approximate surface area is 183 Å². The third kappa shape index (κ3) is 5.18. The van der Waals surface area contributed by atoms with E-state index in [2.05, 4.69) is 21.2 Å². The summed E-state index contributed by atoms with van der Waals surface area (Å²) >= 11 is 3.40. The number of ether oxygens (including phenoxy) is 1. The first kappa shape index (κ1) is 22.3. The van der Waals surface area contributed by atoms with Gasteiger partial charge in [-0.3, -0.25) is 9.59 Å². The molecule has 1 saturated heterocycles. The largest absolute Gasteiger partial charge is 0.497 e. The summed E-state index contributed by atoms with van der Waals surface area (Å²) < 4.78 is 28.5. The zero-order valence-electron chi connectivity index (χ0n) is 16.3. The molecule has 0 atom stereocenters. The zero-order valence-corrected chi connectivity index (χ0v) is 18.7. The Morgan fingerprint density at radius 3 is 2.33 bits per heavy atom. The van der Waals surface area contributed by atoms with Crippen molar-refractivity contribution in [1.82, 2.24) is 4.90 Å². The van der Waals surface area contributed by atoms with Gasteiger partial charge < -0.3 is 15.0 Å². The highest BCUT2D eigenvalue weighted by Gasteiger charge is 2.28. The van der Waals surface area contributed by atoms with Crippen LogP contribution in [0.4, 0.5) is 5.69 Å². The van der Waals surface area contributed by atoms with Crippen molar-refractivity contribution < 1.29 is 22.7 Å². The van der Waals surface area contributed by atoms with Gasteiger partial charge in [0.15, 0.2) is 0 Å². The number of benzene rings is 2. The van der Waals surface area contributed by atoms with Crippen molar-refractivity contribution in [2.24, 2.45) is 11.1 Å². The number of hydrogen-bond donors (Lipinski definition) is 2. The number of carbonyl (C=O) groups excluding carboxylic acids is 2. The Hall–Kier alpha value is -2.43. The molecular formula is C20H22BrN3O5S. The number of likely N-dealkylation sites (tertiary alicyclic amines) is 1. The molecule has 8 nitrogen and oxygen atoms in total. The van der Waals surface area contributed by atoms with Crippen LogP contribution in [0.3, 0.4) is 0 Å². The monoisotopic (exact) mass is 495 g/mol. The molecule has 0 unspecified atom stereocenters. The number of sulfonamides is 1. The van der Waals surface area contributed by atoms with Crippen LogP contribution in [0.1, 0.15) is 23.2 Å². The maximum absolute atomic E-state index is 12.8. The van der Waals surface area contributed by atoms with Gasteiger partial charge in [0.1, 0.15) is 5.75 Å². The van der Waals surface area contributed by atoms with Gasteiger partial charge in [-0.25, -0.2) is 13.6 Å². The van der Waals surface area contributed by atoms with Gasteiger partial charge in [0.05, 0.1) is 17.6 Å². The predicted octanol–water partition coefficient (Wildman–Crippen LogP) is 2.60. The Balaban J connectivity index is 1.58. The van der Waals surface area contributed by atoms with Gasteiger partial charge >= 0.3 is 0 Å². The molecule has 3 N–H and O–H groups in total. The standard InChI is InChI=1S/C20H22BrN3O5S/c1-29-15-4-7-18(21)17(12-15)20(26)24-10-8-13(9-11-24)19(25)23-14-2-5-16(6-3-14)30(22,27)28/h2-7,12-13H,8-11H2,1H3,(H,23,25)(H2,22,27,28). The van der Waals surface area contributed by atoms with Crippen LogP contribution < -0.4 is 15.2 Å². The van der Waals surface area contributed by atoms with Crippen molar-refractivity contribution in [3.8, 4) is 5.75 Å². The van der Waals surface area contributed by atoms with Crippen LogP contribution in [-0.2, 0) is 14.8 Å². The van der Waals surface area contributed by atoms with Crippen LogP contribution in [0.5, 0.6) is 5.75 Å². The van der Waals surface area contributed by atoms with E-state index in [1.54, 1.807) is 30.2 Å². The molecule has 1 aliphatic heterocycles. The Kier molecular flexibility index (Phi) is 6.79. The van der Waals surface area contributed by atoms with Crippen LogP contribution in [0, 0.1) is 5.92 Å². The second-order valence-corrected chi connectivity index (χ2v) is 9.39. The van der Waals surface area contributed by atoms with Crippen LogP contribution in [-0.4, -0.2) is 45.3 Å². The van der Waals surface area contributed by atoms with Crippen LogP contribution >= 0.6 is 15.9 Å². The molecule has 160 valence electrons. The van der Waals surface area contributed by atoms with Gasteiger partial charge in [0.25, 0.3) is 5.91 Å². The Morgan fingerprint density at radius 1 is 1.13 bits per heavy atom. The van der Waals surface area contributed by atoms with E-state index in [0.29, 0.717) is 47.4 Å². The van der Waals surface area contributed by atoms with Crippen LogP contribution in [0.2, 0.25) is 0 Å². The fraction of sp³-hybridized carbons (Fsp3) is 0.300. The molecule has 1 fully saturated rings. The van der Waals surface area contributed by atoms with Crippen molar-refractivity contribution in [3.05, 3.63) is 52.5 Å². The van der Waals surface area contributed by atoms with E-state index in [9.17, 15) is 18.0 Å². The van der Waals surface area contributed by atoms with Gasteiger partial charge in [-0.05, 0) is 71.2 Å². The molecular weight excluding hydrogens is 474 g/mol. The number of primary sulfonamides is 1. The summed E-state index contributed by atoms with van der Waals surface area (Å²) in [6, 6.07) is 10.9. The summed E-state index contributed by atoms with van der Waals surface area (Å²) in [5.41, 5.74) is 1.01. The number of anilines is 1. The van der Waals surface area contributed by atoms with E-state index in [1.165, 1.54) is 24.3 Å². The molecule has 1 aliphatic rings. The predicted molar refractivity (Wildman–Crippen MR) is 116 cm³/mol. The highest BCUT2D eigenvalue weighted by Crippen LogP contribution is 2.26. The minimum Gasteiger partial charge on any atom is -0.497 e. The molecule has 10 heteroatoms. The quantitative estimate of drug-likeness (QED) is 0.660. The van der Waals surface area contributed by atoms with E-state index in [0.717, 1.165) is 0 Å². The van der Waals surface area contributed by atoms with Gasteiger partial charge in [0, 0.05) is 29.2 Å². The van der Waals surface area contributed by atoms with Crippen molar-refractivity contribution in [2.75, 3.05) is 25.5 Å². The van der Waals surface area contributed by atoms with E-state index in [4.69, 9.17) is 9.88 Å². The first-order chi connectivity index (χ1) is 14.2. The van der Waals surface area contributed by atoms with Gasteiger partial charge in [-0.1, -0.05) is 0 Å². The summed E-state index contributed by atoms with van der Waals surface area (Å²) in [5, 5.41) is 7.86. The Bertz CT molecular complexity index is 1050. The molecule has 1 heterocycles. The van der Waals surface area contributed by atoms with Gasteiger partial charge in [-0.2, -0.15) is 0 Å². The molecule has 2 aromatic rings. The number of nitrogens with zero attached hydrogens (tertiary/aromatic N) is 1. The fourth-order valence-electron chi connectivity index (χ4n) is 3.28. The van der Waals surface area contributed by atoms with Crippen molar-refractivity contribution in [3.63, 3.8) is 0 Å². The number of hydrogen-bond acceptors (Lipinski definition) is 5. The number of methoxy groups -OCH3 is 1. The van der Waals surface area contributed by atoms with Crippen molar-refractivity contribution >= 4 is 43.5 Å². The van der Waals surface area contributed by atoms with E-state index in [-0.39, 0.29) is 22.6 Å². The summed E-state index contributed by atoms with van der Waals surface area (Å²) in [7, 11) is -2.23. The molecule has 0 radical (unpaired) electrons. The molecule has 30 heavy (non-hydrogen) atoms. The van der Waals surface area contributed by atoms with Gasteiger partial charge in [-0.15, -0.1) is 0 Å². The number of nitrogens with one attached hydrogen (secondary N) is 1. The first-order valence-electron chi connectivity index (χ1n) is 9.25. The topological polar surface area (TPSA) is 119 Å². The van der Waals surface area contributed by atoms with Crippen LogP contribution in [0.25, 0.3) is 0 Å². The average molecular weight is 496 g/mol. The minimum atomic E-state index is -3.77. The number of carbonyl (C=O) groups is 2. The SMILES string of the molecule is COc1ccc(Br)c(C(=O)N2CCC(C(=O)Nc3ccc(S(N)(=O)=O)cc3)CC2)c1. The number of amides is 2. The highest BCUT2D eigenvalue weighted by molar-refractivity contribution is 9.10. The highest BCUT2D eigenvalue weighted by atomic mass is 79.9. The smallest absolute Gasteiger partial charge is 0.255 e. The molecule has 0 aromatic heterocycles. The van der Waals surface area contributed by atoms with E-state index >= 15 is 0 Å². The van der Waals surface area contributed by atoms with E-state index in [1.807, 2.05) is 0 Å². The van der Waals surface area contributed by atoms with Crippen molar-refractivity contribution in [1.29, 1.82) is 0 Å². The lowest BCUT2D eigenvalue weighted by Crippen LogP contribution is -2.41. The number of nitrogens with two attached hydrogens (primary N) is 1. The molecule has 0 spiro atoms. The summed E-state index contributed by atoms with van der Waals surface area (Å²) in [5.74, 6) is 0.0937. The molecule has 0 aliphatic carbocycles. The van der Waals surface area contributed by atoms with Gasteiger partial charge in [0.2, 0.25) is 15.9 Å². The summed E-state index contributed by atoms with van der Waals surface area (Å²) in [6.45, 7) is 0.926. The lowest BCUT2D eigenvalue weighted by Gasteiger charge is -2.31. The fourth-order valence-corrected chi connectivity index (χ4v) is 4.21. The average Bonchev–Trinajstić information content (AvgIpc) is 2.73. The van der Waals surface area contributed by atoms with Crippen molar-refractivity contribution in [2.45, 2.75) is 17.7 Å². The maximum atomic E-state index is 12.8. The second-order valence-electron chi connectivity index (χ2n) is 6.97.